The summed E-state index contributed by atoms with van der Waals surface area (Å²) in [4.78, 5) is 24.4. The fourth-order valence-corrected chi connectivity index (χ4v) is 3.31. The molecule has 0 unspecified atom stereocenters. The van der Waals surface area contributed by atoms with Crippen molar-refractivity contribution in [1.29, 1.82) is 0 Å². The van der Waals surface area contributed by atoms with Crippen LogP contribution in [0.4, 0.5) is 0 Å². The fourth-order valence-electron chi connectivity index (χ4n) is 3.31. The van der Waals surface area contributed by atoms with Crippen LogP contribution in [0.1, 0.15) is 48.5 Å². The third kappa shape index (κ3) is 6.71. The number of rotatable bonds is 9. The zero-order valence-electron chi connectivity index (χ0n) is 15.8. The normalized spacial score (nSPS) is 15.8. The molecule has 5 nitrogen and oxygen atoms in total. The zero-order valence-corrected chi connectivity index (χ0v) is 16.6. The highest BCUT2D eigenvalue weighted by molar-refractivity contribution is 5.97. The van der Waals surface area contributed by atoms with Gasteiger partial charge in [0.2, 0.25) is 5.91 Å². The molecule has 1 fully saturated rings. The summed E-state index contributed by atoms with van der Waals surface area (Å²) >= 11 is 0. The molecule has 1 aromatic carbocycles. The van der Waals surface area contributed by atoms with Gasteiger partial charge in [0.05, 0.1) is 6.61 Å². The Morgan fingerprint density at radius 2 is 1.81 bits per heavy atom. The van der Waals surface area contributed by atoms with E-state index in [-0.39, 0.29) is 42.4 Å². The van der Waals surface area contributed by atoms with Crippen LogP contribution < -0.4 is 10.6 Å². The number of ketones is 1. The smallest absolute Gasteiger partial charge is 0.220 e. The van der Waals surface area contributed by atoms with Gasteiger partial charge in [0.1, 0.15) is 0 Å². The van der Waals surface area contributed by atoms with Crippen LogP contribution >= 0.6 is 12.4 Å². The van der Waals surface area contributed by atoms with Gasteiger partial charge in [0.15, 0.2) is 5.78 Å². The van der Waals surface area contributed by atoms with Crippen molar-refractivity contribution in [3.05, 3.63) is 35.4 Å². The molecule has 0 atom stereocenters. The van der Waals surface area contributed by atoms with Crippen LogP contribution in [0, 0.1) is 5.41 Å². The Bertz CT molecular complexity index is 563. The van der Waals surface area contributed by atoms with Crippen LogP contribution in [0.5, 0.6) is 0 Å². The van der Waals surface area contributed by atoms with Crippen molar-refractivity contribution in [1.82, 2.24) is 10.6 Å². The third-order valence-corrected chi connectivity index (χ3v) is 5.04. The Morgan fingerprint density at radius 3 is 2.38 bits per heavy atom. The molecule has 0 aliphatic carbocycles. The average Bonchev–Trinajstić information content (AvgIpc) is 2.65. The number of carbonyl (C=O) groups is 2. The summed E-state index contributed by atoms with van der Waals surface area (Å²) in [5.74, 6) is -0.0428. The second-order valence-electron chi connectivity index (χ2n) is 6.93. The number of nitrogens with one attached hydrogen (secondary N) is 2. The van der Waals surface area contributed by atoms with Crippen LogP contribution in [0.2, 0.25) is 0 Å². The lowest BCUT2D eigenvalue weighted by atomic mass is 9.79. The number of hydrogen-bond acceptors (Lipinski definition) is 4. The quantitative estimate of drug-likeness (QED) is 0.644. The zero-order chi connectivity index (χ0) is 18.1. The summed E-state index contributed by atoms with van der Waals surface area (Å²) in [6.45, 7) is 5.25. The molecule has 2 rings (SSSR count). The Labute approximate surface area is 162 Å². The van der Waals surface area contributed by atoms with E-state index in [0.29, 0.717) is 18.7 Å². The Hall–Kier alpha value is -1.43. The maximum absolute atomic E-state index is 12.2. The molecular formula is C20H31ClN2O3. The molecule has 0 spiro atoms. The number of Topliss-reactive ketones (excluding diaryl/α,β-unsaturated/α-hetero) is 1. The first-order valence-electron chi connectivity index (χ1n) is 9.17. The highest BCUT2D eigenvalue weighted by Crippen LogP contribution is 2.28. The van der Waals surface area contributed by atoms with Crippen LogP contribution in [-0.4, -0.2) is 45.0 Å². The van der Waals surface area contributed by atoms with Crippen molar-refractivity contribution in [3.63, 3.8) is 0 Å². The molecule has 0 saturated carbocycles. The van der Waals surface area contributed by atoms with Crippen LogP contribution in [0.25, 0.3) is 0 Å². The Morgan fingerprint density at radius 1 is 1.15 bits per heavy atom. The van der Waals surface area contributed by atoms with E-state index in [4.69, 9.17) is 4.74 Å². The number of methoxy groups -OCH3 is 1. The molecule has 0 aromatic heterocycles. The first-order chi connectivity index (χ1) is 12.1. The first kappa shape index (κ1) is 22.6. The molecule has 1 amide bonds. The highest BCUT2D eigenvalue weighted by atomic mass is 35.5. The van der Waals surface area contributed by atoms with Gasteiger partial charge in [-0.05, 0) is 37.9 Å². The summed E-state index contributed by atoms with van der Waals surface area (Å²) in [7, 11) is 1.70. The molecule has 1 aromatic rings. The van der Waals surface area contributed by atoms with Crippen molar-refractivity contribution in [3.8, 4) is 0 Å². The second-order valence-corrected chi connectivity index (χ2v) is 6.93. The van der Waals surface area contributed by atoms with E-state index in [1.807, 2.05) is 24.3 Å². The molecule has 2 N–H and O–H groups in total. The lowest BCUT2D eigenvalue weighted by Gasteiger charge is -2.37. The number of piperidine rings is 1. The summed E-state index contributed by atoms with van der Waals surface area (Å²) in [6.07, 6.45) is 3.41. The minimum absolute atomic E-state index is 0. The van der Waals surface area contributed by atoms with E-state index in [9.17, 15) is 9.59 Å². The summed E-state index contributed by atoms with van der Waals surface area (Å²) < 4.78 is 5.36. The minimum atomic E-state index is -0.0625. The Kier molecular flexibility index (Phi) is 9.84. The van der Waals surface area contributed by atoms with Gasteiger partial charge in [0, 0.05) is 37.5 Å². The number of halogens is 1. The lowest BCUT2D eigenvalue weighted by molar-refractivity contribution is -0.122. The number of amides is 1. The van der Waals surface area contributed by atoms with Gasteiger partial charge in [-0.3, -0.25) is 9.59 Å². The molecule has 1 heterocycles. The maximum Gasteiger partial charge on any atom is 0.220 e. The molecular weight excluding hydrogens is 352 g/mol. The summed E-state index contributed by atoms with van der Waals surface area (Å²) in [6, 6.07) is 7.64. The average molecular weight is 383 g/mol. The summed E-state index contributed by atoms with van der Waals surface area (Å²) in [5.41, 5.74) is 1.90. The fraction of sp³-hybridized carbons (Fsp3) is 0.600. The molecule has 26 heavy (non-hydrogen) atoms. The Balaban J connectivity index is 0.00000338. The van der Waals surface area contributed by atoms with E-state index in [1.54, 1.807) is 7.11 Å². The van der Waals surface area contributed by atoms with Crippen molar-refractivity contribution in [2.45, 2.75) is 39.0 Å². The number of aryl methyl sites for hydroxylation is 1. The maximum atomic E-state index is 12.2. The molecule has 146 valence electrons. The first-order valence-corrected chi connectivity index (χ1v) is 9.17. The molecule has 6 heteroatoms. The van der Waals surface area contributed by atoms with Crippen molar-refractivity contribution in [2.24, 2.45) is 5.41 Å². The van der Waals surface area contributed by atoms with Gasteiger partial charge in [0.25, 0.3) is 0 Å². The van der Waals surface area contributed by atoms with Gasteiger partial charge >= 0.3 is 0 Å². The minimum Gasteiger partial charge on any atom is -0.384 e. The molecule has 0 bridgehead atoms. The van der Waals surface area contributed by atoms with Gasteiger partial charge in [-0.25, -0.2) is 0 Å². The number of hydrogen-bond donors (Lipinski definition) is 2. The van der Waals surface area contributed by atoms with E-state index in [0.717, 1.165) is 32.4 Å². The third-order valence-electron chi connectivity index (χ3n) is 5.04. The van der Waals surface area contributed by atoms with E-state index < -0.39 is 0 Å². The second kappa shape index (κ2) is 11.3. The SMILES string of the molecule is CCc1ccc(C(=O)CCC(=O)NCC2(COC)CCNCC2)cc1.Cl. The van der Waals surface area contributed by atoms with Gasteiger partial charge in [-0.15, -0.1) is 12.4 Å². The number of ether oxygens (including phenoxy) is 1. The number of carbonyl (C=O) groups excluding carboxylic acids is 2. The highest BCUT2D eigenvalue weighted by Gasteiger charge is 2.32. The van der Waals surface area contributed by atoms with Gasteiger partial charge in [-0.2, -0.15) is 0 Å². The van der Waals surface area contributed by atoms with Crippen molar-refractivity contribution in [2.75, 3.05) is 33.4 Å². The van der Waals surface area contributed by atoms with E-state index in [2.05, 4.69) is 17.6 Å². The predicted molar refractivity (Wildman–Crippen MR) is 106 cm³/mol. The van der Waals surface area contributed by atoms with Crippen molar-refractivity contribution < 1.29 is 14.3 Å². The van der Waals surface area contributed by atoms with Gasteiger partial charge < -0.3 is 15.4 Å². The lowest BCUT2D eigenvalue weighted by Crippen LogP contribution is -2.47. The summed E-state index contributed by atoms with van der Waals surface area (Å²) in [5, 5.41) is 6.34. The monoisotopic (exact) mass is 382 g/mol. The van der Waals surface area contributed by atoms with Gasteiger partial charge in [-0.1, -0.05) is 31.2 Å². The topological polar surface area (TPSA) is 67.4 Å². The van der Waals surface area contributed by atoms with Crippen LogP contribution in [-0.2, 0) is 16.0 Å². The number of benzene rings is 1. The van der Waals surface area contributed by atoms with E-state index >= 15 is 0 Å². The van der Waals surface area contributed by atoms with E-state index in [1.165, 1.54) is 5.56 Å². The van der Waals surface area contributed by atoms with Crippen LogP contribution in [0.3, 0.4) is 0 Å². The molecule has 0 radical (unpaired) electrons. The van der Waals surface area contributed by atoms with Crippen LogP contribution in [0.15, 0.2) is 24.3 Å². The predicted octanol–water partition coefficient (Wildman–Crippen LogP) is 2.77. The van der Waals surface area contributed by atoms with Crippen molar-refractivity contribution >= 4 is 24.1 Å². The standard InChI is InChI=1S/C20H30N2O3.ClH/c1-3-16-4-6-17(7-5-16)18(23)8-9-19(24)22-14-20(15-25-2)10-12-21-13-11-20;/h4-7,21H,3,8-15H2,1-2H3,(H,22,24);1H. The largest absolute Gasteiger partial charge is 0.384 e. The molecule has 1 aliphatic heterocycles. The molecule has 1 aliphatic rings. The molecule has 1 saturated heterocycles.